The number of nitrogens with zero attached hydrogens (tertiary/aromatic N) is 4. The smallest absolute Gasteiger partial charge is 0.284 e. The number of tetrazole rings is 1. The number of carbonyl (C=O) groups is 1. The van der Waals surface area contributed by atoms with Gasteiger partial charge in [-0.25, -0.2) is 0 Å². The third-order valence-corrected chi connectivity index (χ3v) is 4.16. The summed E-state index contributed by atoms with van der Waals surface area (Å²) < 4.78 is 5.73. The van der Waals surface area contributed by atoms with E-state index in [0.717, 1.165) is 22.5 Å². The molecule has 3 aromatic rings. The van der Waals surface area contributed by atoms with Crippen molar-refractivity contribution in [3.05, 3.63) is 53.0 Å². The highest BCUT2D eigenvalue weighted by Gasteiger charge is 2.25. The topological polar surface area (TPSA) is 114 Å². The van der Waals surface area contributed by atoms with Crippen molar-refractivity contribution in [2.75, 3.05) is 7.05 Å². The van der Waals surface area contributed by atoms with Crippen LogP contribution in [0.15, 0.2) is 34.7 Å². The highest BCUT2D eigenvalue weighted by molar-refractivity contribution is 5.90. The second kappa shape index (κ2) is 7.32. The third-order valence-electron chi connectivity index (χ3n) is 4.16. The number of hydrogen-bond donors (Lipinski definition) is 2. The molecule has 0 saturated carbocycles. The Balaban J connectivity index is 1.77. The minimum absolute atomic E-state index is 0.197. The van der Waals surface area contributed by atoms with Gasteiger partial charge in [0.05, 0.1) is 0 Å². The van der Waals surface area contributed by atoms with Gasteiger partial charge in [-0.1, -0.05) is 39.0 Å². The van der Waals surface area contributed by atoms with Crippen molar-refractivity contribution in [3.63, 3.8) is 0 Å². The molecule has 0 atom stereocenters. The summed E-state index contributed by atoms with van der Waals surface area (Å²) in [6, 6.07) is 9.75. The van der Waals surface area contributed by atoms with Gasteiger partial charge in [-0.3, -0.25) is 9.69 Å². The first kappa shape index (κ1) is 18.8. The largest absolute Gasteiger partial charge is 0.455 e. The summed E-state index contributed by atoms with van der Waals surface area (Å²) in [7, 11) is 2.02. The molecule has 2 aromatic heterocycles. The number of hydrogen-bond acceptors (Lipinski definition) is 6. The van der Waals surface area contributed by atoms with E-state index in [1.54, 1.807) is 6.07 Å². The number of primary amides is 1. The second-order valence-corrected chi connectivity index (χ2v) is 7.69. The molecule has 3 N–H and O–H groups in total. The molecule has 1 aromatic carbocycles. The number of aromatic nitrogens is 4. The quantitative estimate of drug-likeness (QED) is 0.691. The van der Waals surface area contributed by atoms with Crippen molar-refractivity contribution in [2.24, 2.45) is 5.73 Å². The molecule has 3 rings (SSSR count). The van der Waals surface area contributed by atoms with Crippen LogP contribution in [0.3, 0.4) is 0 Å². The van der Waals surface area contributed by atoms with E-state index >= 15 is 0 Å². The maximum atomic E-state index is 11.5. The molecule has 8 heteroatoms. The lowest BCUT2D eigenvalue weighted by Gasteiger charge is -2.21. The first-order chi connectivity index (χ1) is 12.7. The van der Waals surface area contributed by atoms with Crippen molar-refractivity contribution < 1.29 is 9.21 Å². The zero-order valence-corrected chi connectivity index (χ0v) is 16.0. The first-order valence-electron chi connectivity index (χ1n) is 8.68. The first-order valence-corrected chi connectivity index (χ1v) is 8.68. The lowest BCUT2D eigenvalue weighted by molar-refractivity contribution is 0.0970. The molecule has 0 fully saturated rings. The van der Waals surface area contributed by atoms with Crippen LogP contribution in [-0.4, -0.2) is 38.5 Å². The summed E-state index contributed by atoms with van der Waals surface area (Å²) in [5.41, 5.74) is 8.16. The Morgan fingerprint density at radius 2 is 2.04 bits per heavy atom. The van der Waals surface area contributed by atoms with Crippen LogP contribution in [0.25, 0.3) is 11.4 Å². The molecule has 0 aliphatic rings. The molecule has 0 bridgehead atoms. The summed E-state index contributed by atoms with van der Waals surface area (Å²) in [6.45, 7) is 7.50. The minimum Gasteiger partial charge on any atom is -0.455 e. The van der Waals surface area contributed by atoms with Gasteiger partial charge in [-0.15, -0.1) is 10.2 Å². The molecule has 1 amide bonds. The number of H-pyrrole nitrogens is 1. The third kappa shape index (κ3) is 4.40. The molecule has 0 radical (unpaired) electrons. The number of carbonyl (C=O) groups excluding carboxylic acids is 1. The zero-order valence-electron chi connectivity index (χ0n) is 16.0. The fourth-order valence-corrected chi connectivity index (χ4v) is 3.05. The minimum atomic E-state index is -0.554. The normalized spacial score (nSPS) is 11.9. The lowest BCUT2D eigenvalue weighted by Crippen LogP contribution is -2.20. The monoisotopic (exact) mass is 368 g/mol. The predicted octanol–water partition coefficient (Wildman–Crippen LogP) is 2.49. The summed E-state index contributed by atoms with van der Waals surface area (Å²) in [6.07, 6.45) is 0. The number of amides is 1. The average molecular weight is 368 g/mol. The van der Waals surface area contributed by atoms with Crippen molar-refractivity contribution in [2.45, 2.75) is 39.3 Å². The molecule has 8 nitrogen and oxygen atoms in total. The highest BCUT2D eigenvalue weighted by atomic mass is 16.4. The maximum Gasteiger partial charge on any atom is 0.284 e. The van der Waals surface area contributed by atoms with E-state index in [2.05, 4.69) is 52.4 Å². The Morgan fingerprint density at radius 3 is 2.67 bits per heavy atom. The summed E-state index contributed by atoms with van der Waals surface area (Å²) in [4.78, 5) is 13.7. The Morgan fingerprint density at radius 1 is 1.26 bits per heavy atom. The molecular weight excluding hydrogens is 344 g/mol. The fourth-order valence-electron chi connectivity index (χ4n) is 3.05. The zero-order chi connectivity index (χ0) is 19.6. The van der Waals surface area contributed by atoms with E-state index in [0.29, 0.717) is 18.9 Å². The number of furan rings is 1. The van der Waals surface area contributed by atoms with Crippen LogP contribution < -0.4 is 5.73 Å². The van der Waals surface area contributed by atoms with Crippen LogP contribution in [0.5, 0.6) is 0 Å². The molecule has 2 heterocycles. The standard InChI is InChI=1S/C19H24N6O2/c1-19(2,3)16-14(9-15(27-16)17(20)26)11-25(4)10-12-6-5-7-13(8-12)18-21-23-24-22-18/h5-9H,10-11H2,1-4H3,(H2,20,26)(H,21,22,23,24). The van der Waals surface area contributed by atoms with E-state index in [1.165, 1.54) is 0 Å². The van der Waals surface area contributed by atoms with Crippen LogP contribution in [0.4, 0.5) is 0 Å². The summed E-state index contributed by atoms with van der Waals surface area (Å²) >= 11 is 0. The molecule has 0 spiro atoms. The van der Waals surface area contributed by atoms with Crippen LogP contribution in [0, 0.1) is 0 Å². The van der Waals surface area contributed by atoms with Gasteiger partial charge in [0.15, 0.2) is 5.76 Å². The van der Waals surface area contributed by atoms with E-state index in [9.17, 15) is 4.79 Å². The van der Waals surface area contributed by atoms with Crippen LogP contribution in [-0.2, 0) is 18.5 Å². The fraction of sp³-hybridized carbons (Fsp3) is 0.368. The molecule has 0 saturated heterocycles. The van der Waals surface area contributed by atoms with Gasteiger partial charge in [0.25, 0.3) is 5.91 Å². The van der Waals surface area contributed by atoms with Crippen LogP contribution in [0.1, 0.15) is 48.2 Å². The van der Waals surface area contributed by atoms with Crippen LogP contribution in [0.2, 0.25) is 0 Å². The van der Waals surface area contributed by atoms with E-state index in [-0.39, 0.29) is 11.2 Å². The molecule has 0 unspecified atom stereocenters. The van der Waals surface area contributed by atoms with Crippen molar-refractivity contribution >= 4 is 5.91 Å². The van der Waals surface area contributed by atoms with Crippen LogP contribution >= 0.6 is 0 Å². The van der Waals surface area contributed by atoms with E-state index in [1.807, 2.05) is 25.2 Å². The Hall–Kier alpha value is -3.00. The number of nitrogens with two attached hydrogens (primary N) is 1. The summed E-state index contributed by atoms with van der Waals surface area (Å²) in [5, 5.41) is 14.1. The predicted molar refractivity (Wildman–Crippen MR) is 101 cm³/mol. The van der Waals surface area contributed by atoms with Crippen molar-refractivity contribution in [3.8, 4) is 11.4 Å². The van der Waals surface area contributed by atoms with Gasteiger partial charge in [-0.05, 0) is 30.0 Å². The molecule has 0 aliphatic carbocycles. The van der Waals surface area contributed by atoms with Crippen molar-refractivity contribution in [1.82, 2.24) is 25.5 Å². The second-order valence-electron chi connectivity index (χ2n) is 7.69. The number of benzene rings is 1. The summed E-state index contributed by atoms with van der Waals surface area (Å²) in [5.74, 6) is 0.990. The lowest BCUT2D eigenvalue weighted by atomic mass is 9.90. The number of nitrogens with one attached hydrogen (secondary N) is 1. The Kier molecular flexibility index (Phi) is 5.09. The van der Waals surface area contributed by atoms with Gasteiger partial charge in [0.2, 0.25) is 5.82 Å². The van der Waals surface area contributed by atoms with Crippen molar-refractivity contribution in [1.29, 1.82) is 0 Å². The van der Waals surface area contributed by atoms with Gasteiger partial charge < -0.3 is 10.2 Å². The number of rotatable bonds is 6. The molecular formula is C19H24N6O2. The SMILES string of the molecule is CN(Cc1cccc(-c2nn[nH]n2)c1)Cc1cc(C(N)=O)oc1C(C)(C)C. The maximum absolute atomic E-state index is 11.5. The van der Waals surface area contributed by atoms with Gasteiger partial charge >= 0.3 is 0 Å². The van der Waals surface area contributed by atoms with E-state index in [4.69, 9.17) is 10.2 Å². The average Bonchev–Trinajstić information content (AvgIpc) is 3.24. The molecule has 0 aliphatic heterocycles. The van der Waals surface area contributed by atoms with E-state index < -0.39 is 5.91 Å². The molecule has 142 valence electrons. The number of aromatic amines is 1. The van der Waals surface area contributed by atoms with Gasteiger partial charge in [-0.2, -0.15) is 5.21 Å². The Labute approximate surface area is 157 Å². The van der Waals surface area contributed by atoms with Gasteiger partial charge in [0.1, 0.15) is 5.76 Å². The highest BCUT2D eigenvalue weighted by Crippen LogP contribution is 2.30. The Bertz CT molecular complexity index is 924. The molecule has 27 heavy (non-hydrogen) atoms. The van der Waals surface area contributed by atoms with Gasteiger partial charge in [0, 0.05) is 29.6 Å².